The number of likely N-dealkylation sites (tertiary alicyclic amines) is 1. The molecule has 1 N–H and O–H groups in total. The number of nitrogens with zero attached hydrogens (tertiary/aromatic N) is 1. The van der Waals surface area contributed by atoms with E-state index in [1.54, 1.807) is 11.3 Å². The zero-order chi connectivity index (χ0) is 12.1. The van der Waals surface area contributed by atoms with E-state index in [4.69, 9.17) is 11.6 Å². The molecule has 0 aliphatic carbocycles. The van der Waals surface area contributed by atoms with Crippen molar-refractivity contribution in [2.24, 2.45) is 5.92 Å². The van der Waals surface area contributed by atoms with Crippen LogP contribution in [0.15, 0.2) is 12.1 Å². The van der Waals surface area contributed by atoms with Crippen molar-refractivity contribution in [3.05, 3.63) is 21.3 Å². The maximum atomic E-state index is 5.90. The Balaban J connectivity index is 1.59. The quantitative estimate of drug-likeness (QED) is 0.830. The number of hydrogen-bond donors (Lipinski definition) is 1. The summed E-state index contributed by atoms with van der Waals surface area (Å²) >= 11 is 7.59. The highest BCUT2D eigenvalue weighted by atomic mass is 35.5. The third-order valence-corrected chi connectivity index (χ3v) is 4.62. The normalized spacial score (nSPS) is 21.9. The van der Waals surface area contributed by atoms with Crippen LogP contribution in [0.4, 0.5) is 0 Å². The molecule has 1 atom stereocenters. The van der Waals surface area contributed by atoms with Gasteiger partial charge in [0.2, 0.25) is 0 Å². The Morgan fingerprint density at radius 3 is 3.12 bits per heavy atom. The van der Waals surface area contributed by atoms with Gasteiger partial charge in [-0.3, -0.25) is 0 Å². The molecule has 2 rings (SSSR count). The summed E-state index contributed by atoms with van der Waals surface area (Å²) in [5.41, 5.74) is 0. The summed E-state index contributed by atoms with van der Waals surface area (Å²) in [7, 11) is 2.22. The van der Waals surface area contributed by atoms with Crippen molar-refractivity contribution in [2.75, 3.05) is 33.2 Å². The van der Waals surface area contributed by atoms with Crippen LogP contribution < -0.4 is 5.32 Å². The van der Waals surface area contributed by atoms with Gasteiger partial charge < -0.3 is 10.2 Å². The Labute approximate surface area is 113 Å². The van der Waals surface area contributed by atoms with Gasteiger partial charge in [-0.25, -0.2) is 0 Å². The molecular weight excluding hydrogens is 252 g/mol. The van der Waals surface area contributed by atoms with Crippen LogP contribution in [-0.4, -0.2) is 38.1 Å². The van der Waals surface area contributed by atoms with Crippen molar-refractivity contribution in [2.45, 2.75) is 19.3 Å². The van der Waals surface area contributed by atoms with Gasteiger partial charge in [-0.05, 0) is 64.0 Å². The molecule has 2 heterocycles. The van der Waals surface area contributed by atoms with E-state index in [0.29, 0.717) is 0 Å². The first-order chi connectivity index (χ1) is 8.24. The van der Waals surface area contributed by atoms with Gasteiger partial charge in [0.15, 0.2) is 0 Å². The number of hydrogen-bond acceptors (Lipinski definition) is 3. The lowest BCUT2D eigenvalue weighted by molar-refractivity contribution is 0.206. The van der Waals surface area contributed by atoms with E-state index < -0.39 is 0 Å². The minimum absolute atomic E-state index is 0.834. The third kappa shape index (κ3) is 4.59. The van der Waals surface area contributed by atoms with Crippen LogP contribution in [-0.2, 0) is 6.42 Å². The summed E-state index contributed by atoms with van der Waals surface area (Å²) in [6, 6.07) is 4.11. The standard InChI is InChI=1S/C13H21ClN2S/c1-16-8-2-3-11(10-16)9-15-7-6-12-4-5-13(14)17-12/h4-5,11,15H,2-3,6-10H2,1H3. The molecule has 2 nitrogen and oxygen atoms in total. The molecule has 96 valence electrons. The number of piperidine rings is 1. The smallest absolute Gasteiger partial charge is 0.0931 e. The van der Waals surface area contributed by atoms with Gasteiger partial charge in [-0.2, -0.15) is 0 Å². The number of halogens is 1. The average Bonchev–Trinajstić information content (AvgIpc) is 2.71. The molecule has 1 unspecified atom stereocenters. The van der Waals surface area contributed by atoms with Crippen LogP contribution >= 0.6 is 22.9 Å². The van der Waals surface area contributed by atoms with Crippen molar-refractivity contribution in [3.8, 4) is 0 Å². The fourth-order valence-corrected chi connectivity index (χ4v) is 3.53. The van der Waals surface area contributed by atoms with E-state index in [-0.39, 0.29) is 0 Å². The second-order valence-corrected chi connectivity index (χ2v) is 6.73. The lowest BCUT2D eigenvalue weighted by atomic mass is 9.98. The monoisotopic (exact) mass is 272 g/mol. The van der Waals surface area contributed by atoms with E-state index in [9.17, 15) is 0 Å². The molecule has 0 radical (unpaired) electrons. The summed E-state index contributed by atoms with van der Waals surface area (Å²) in [5, 5.41) is 3.57. The summed E-state index contributed by atoms with van der Waals surface area (Å²) in [5.74, 6) is 0.834. The molecule has 0 saturated carbocycles. The summed E-state index contributed by atoms with van der Waals surface area (Å²) in [4.78, 5) is 3.82. The van der Waals surface area contributed by atoms with Gasteiger partial charge >= 0.3 is 0 Å². The molecule has 0 bridgehead atoms. The first-order valence-electron chi connectivity index (χ1n) is 6.37. The fraction of sp³-hybridized carbons (Fsp3) is 0.692. The summed E-state index contributed by atoms with van der Waals surface area (Å²) < 4.78 is 0.897. The van der Waals surface area contributed by atoms with E-state index in [0.717, 1.165) is 29.8 Å². The van der Waals surface area contributed by atoms with Gasteiger partial charge in [-0.1, -0.05) is 11.6 Å². The van der Waals surface area contributed by atoms with Gasteiger partial charge in [-0.15, -0.1) is 11.3 Å². The summed E-state index contributed by atoms with van der Waals surface area (Å²) in [6.07, 6.45) is 3.82. The predicted molar refractivity (Wildman–Crippen MR) is 76.1 cm³/mol. The Kier molecular flexibility index (Phi) is 5.29. The van der Waals surface area contributed by atoms with E-state index in [1.165, 1.54) is 30.8 Å². The second kappa shape index (κ2) is 6.74. The van der Waals surface area contributed by atoms with Gasteiger partial charge in [0.05, 0.1) is 4.34 Å². The Hall–Kier alpha value is -0.0900. The number of nitrogens with one attached hydrogen (secondary N) is 1. The summed E-state index contributed by atoms with van der Waals surface area (Å²) in [6.45, 7) is 4.74. The molecule has 1 fully saturated rings. The molecule has 1 aliphatic rings. The maximum absolute atomic E-state index is 5.90. The van der Waals surface area contributed by atoms with E-state index in [1.807, 2.05) is 6.07 Å². The first-order valence-corrected chi connectivity index (χ1v) is 7.57. The molecule has 17 heavy (non-hydrogen) atoms. The van der Waals surface area contributed by atoms with Gasteiger partial charge in [0.1, 0.15) is 0 Å². The Morgan fingerprint density at radius 2 is 2.41 bits per heavy atom. The molecule has 1 aromatic rings. The second-order valence-electron chi connectivity index (χ2n) is 4.93. The molecular formula is C13H21ClN2S. The molecule has 4 heteroatoms. The lowest BCUT2D eigenvalue weighted by Crippen LogP contribution is -2.37. The SMILES string of the molecule is CN1CCCC(CNCCc2ccc(Cl)s2)C1. The van der Waals surface area contributed by atoms with Crippen molar-refractivity contribution >= 4 is 22.9 Å². The van der Waals surface area contributed by atoms with Crippen LogP contribution in [0.25, 0.3) is 0 Å². The minimum Gasteiger partial charge on any atom is -0.316 e. The van der Waals surface area contributed by atoms with E-state index in [2.05, 4.69) is 23.3 Å². The van der Waals surface area contributed by atoms with Gasteiger partial charge in [0, 0.05) is 11.4 Å². The third-order valence-electron chi connectivity index (χ3n) is 3.33. The molecule has 1 saturated heterocycles. The molecule has 0 amide bonds. The highest BCUT2D eigenvalue weighted by molar-refractivity contribution is 7.16. The number of thiophene rings is 1. The first kappa shape index (κ1) is 13.3. The zero-order valence-corrected chi connectivity index (χ0v) is 12.0. The fourth-order valence-electron chi connectivity index (χ4n) is 2.44. The lowest BCUT2D eigenvalue weighted by Gasteiger charge is -2.29. The topological polar surface area (TPSA) is 15.3 Å². The molecule has 1 aromatic heterocycles. The van der Waals surface area contributed by atoms with Crippen LogP contribution in [0, 0.1) is 5.92 Å². The maximum Gasteiger partial charge on any atom is 0.0931 e. The zero-order valence-electron chi connectivity index (χ0n) is 10.4. The average molecular weight is 273 g/mol. The van der Waals surface area contributed by atoms with Crippen LogP contribution in [0.1, 0.15) is 17.7 Å². The van der Waals surface area contributed by atoms with Crippen molar-refractivity contribution in [1.82, 2.24) is 10.2 Å². The predicted octanol–water partition coefficient (Wildman–Crippen LogP) is 2.88. The van der Waals surface area contributed by atoms with Crippen LogP contribution in [0.2, 0.25) is 4.34 Å². The minimum atomic E-state index is 0.834. The van der Waals surface area contributed by atoms with Crippen LogP contribution in [0.3, 0.4) is 0 Å². The largest absolute Gasteiger partial charge is 0.316 e. The molecule has 0 aromatic carbocycles. The number of rotatable bonds is 5. The molecule has 0 spiro atoms. The van der Waals surface area contributed by atoms with Crippen molar-refractivity contribution in [1.29, 1.82) is 0 Å². The van der Waals surface area contributed by atoms with Gasteiger partial charge in [0.25, 0.3) is 0 Å². The Bertz CT molecular complexity index is 340. The van der Waals surface area contributed by atoms with Crippen molar-refractivity contribution < 1.29 is 0 Å². The highest BCUT2D eigenvalue weighted by Gasteiger charge is 2.16. The molecule has 1 aliphatic heterocycles. The Morgan fingerprint density at radius 1 is 1.53 bits per heavy atom. The highest BCUT2D eigenvalue weighted by Crippen LogP contribution is 2.21. The van der Waals surface area contributed by atoms with E-state index >= 15 is 0 Å². The van der Waals surface area contributed by atoms with Crippen LogP contribution in [0.5, 0.6) is 0 Å². The van der Waals surface area contributed by atoms with Crippen molar-refractivity contribution in [3.63, 3.8) is 0 Å².